The van der Waals surface area contributed by atoms with Crippen molar-refractivity contribution in [1.82, 2.24) is 19.9 Å². The topological polar surface area (TPSA) is 144 Å². The second-order valence-corrected chi connectivity index (χ2v) is 7.24. The number of fused-ring (bicyclic) bond motifs is 1. The van der Waals surface area contributed by atoms with E-state index in [1.807, 2.05) is 42.2 Å². The fraction of sp³-hybridized carbons (Fsp3) is 0.174. The first-order valence-electron chi connectivity index (χ1n) is 10.2. The van der Waals surface area contributed by atoms with Crippen LogP contribution in [0.15, 0.2) is 60.8 Å². The van der Waals surface area contributed by atoms with Crippen LogP contribution in [-0.4, -0.2) is 43.6 Å². The van der Waals surface area contributed by atoms with Gasteiger partial charge in [0.05, 0.1) is 5.69 Å². The zero-order valence-electron chi connectivity index (χ0n) is 17.5. The van der Waals surface area contributed by atoms with Crippen LogP contribution in [-0.2, 0) is 11.2 Å². The van der Waals surface area contributed by atoms with Crippen LogP contribution in [0.25, 0.3) is 22.2 Å². The molecule has 2 heterocycles. The van der Waals surface area contributed by atoms with Gasteiger partial charge in [0.1, 0.15) is 6.04 Å². The summed E-state index contributed by atoms with van der Waals surface area (Å²) in [6.45, 7) is 2.60. The number of hydrogen-bond acceptors (Lipinski definition) is 8. The van der Waals surface area contributed by atoms with E-state index in [-0.39, 0.29) is 12.4 Å². The lowest BCUT2D eigenvalue weighted by atomic mass is 10.1. The van der Waals surface area contributed by atoms with Gasteiger partial charge in [-0.05, 0) is 42.0 Å². The third-order valence-electron chi connectivity index (χ3n) is 5.10. The molecule has 162 valence electrons. The van der Waals surface area contributed by atoms with Crippen LogP contribution in [0.2, 0.25) is 0 Å². The third-order valence-corrected chi connectivity index (χ3v) is 5.10. The number of anilines is 3. The molecule has 0 amide bonds. The molecule has 1 unspecified atom stereocenters. The van der Waals surface area contributed by atoms with Gasteiger partial charge in [0.2, 0.25) is 11.9 Å². The highest BCUT2D eigenvalue weighted by Gasteiger charge is 2.20. The molecule has 5 N–H and O–H groups in total. The highest BCUT2D eigenvalue weighted by molar-refractivity contribution is 5.86. The maximum absolute atomic E-state index is 11.2. The van der Waals surface area contributed by atoms with Crippen LogP contribution < -0.4 is 16.4 Å². The molecule has 2 aromatic carbocycles. The number of rotatable bonds is 7. The van der Waals surface area contributed by atoms with E-state index in [9.17, 15) is 9.90 Å². The summed E-state index contributed by atoms with van der Waals surface area (Å²) in [6, 6.07) is 16.6. The average molecular weight is 429 g/mol. The Morgan fingerprint density at radius 2 is 1.84 bits per heavy atom. The molecule has 9 heteroatoms. The van der Waals surface area contributed by atoms with Crippen molar-refractivity contribution in [2.24, 2.45) is 5.73 Å². The van der Waals surface area contributed by atoms with E-state index in [1.165, 1.54) is 0 Å². The minimum absolute atomic E-state index is 0.0363. The second kappa shape index (κ2) is 8.94. The molecule has 0 aliphatic carbocycles. The van der Waals surface area contributed by atoms with Gasteiger partial charge in [0, 0.05) is 30.4 Å². The van der Waals surface area contributed by atoms with E-state index in [1.54, 1.807) is 18.3 Å². The first kappa shape index (κ1) is 21.1. The minimum Gasteiger partial charge on any atom is -0.480 e. The Bertz CT molecular complexity index is 1280. The molecular weight excluding hydrogens is 406 g/mol. The van der Waals surface area contributed by atoms with Gasteiger partial charge in [0.25, 0.3) is 0 Å². The van der Waals surface area contributed by atoms with Crippen LogP contribution in [0.5, 0.6) is 0 Å². The molecule has 4 rings (SSSR count). The van der Waals surface area contributed by atoms with Gasteiger partial charge < -0.3 is 21.5 Å². The molecule has 0 spiro atoms. The molecule has 32 heavy (non-hydrogen) atoms. The van der Waals surface area contributed by atoms with Crippen LogP contribution in [0.4, 0.5) is 17.6 Å². The monoisotopic (exact) mass is 429 g/mol. The lowest BCUT2D eigenvalue weighted by Gasteiger charge is -2.22. The van der Waals surface area contributed by atoms with E-state index in [0.717, 1.165) is 16.5 Å². The summed E-state index contributed by atoms with van der Waals surface area (Å²) in [4.78, 5) is 30.7. The SMILES string of the molecule is CCN(c1ccc2ccccc2c1)c1nc(N)nc(-c2cccnc2CC(N)C(=O)O)n1. The first-order valence-corrected chi connectivity index (χ1v) is 10.2. The van der Waals surface area contributed by atoms with Crippen molar-refractivity contribution in [2.45, 2.75) is 19.4 Å². The van der Waals surface area contributed by atoms with Gasteiger partial charge in [-0.15, -0.1) is 0 Å². The van der Waals surface area contributed by atoms with Crippen molar-refractivity contribution in [3.63, 3.8) is 0 Å². The van der Waals surface area contributed by atoms with E-state index < -0.39 is 12.0 Å². The van der Waals surface area contributed by atoms with Gasteiger partial charge >= 0.3 is 5.97 Å². The number of carboxylic acids is 1. The number of carboxylic acid groups (broad SMARTS) is 1. The Morgan fingerprint density at radius 1 is 1.06 bits per heavy atom. The molecule has 0 bridgehead atoms. The van der Waals surface area contributed by atoms with Crippen molar-refractivity contribution in [3.8, 4) is 11.4 Å². The predicted octanol–water partition coefficient (Wildman–Crippen LogP) is 2.78. The highest BCUT2D eigenvalue weighted by Crippen LogP contribution is 2.28. The highest BCUT2D eigenvalue weighted by atomic mass is 16.4. The normalized spacial score (nSPS) is 11.9. The maximum atomic E-state index is 11.2. The summed E-state index contributed by atoms with van der Waals surface area (Å²) in [7, 11) is 0. The Balaban J connectivity index is 1.76. The number of hydrogen-bond donors (Lipinski definition) is 3. The van der Waals surface area contributed by atoms with Crippen LogP contribution >= 0.6 is 0 Å². The molecular formula is C23H23N7O2. The summed E-state index contributed by atoms with van der Waals surface area (Å²) in [5.74, 6) is -0.345. The Morgan fingerprint density at radius 3 is 2.59 bits per heavy atom. The molecule has 9 nitrogen and oxygen atoms in total. The summed E-state index contributed by atoms with van der Waals surface area (Å²) < 4.78 is 0. The van der Waals surface area contributed by atoms with E-state index in [0.29, 0.717) is 29.6 Å². The number of carbonyl (C=O) groups is 1. The van der Waals surface area contributed by atoms with Crippen molar-refractivity contribution < 1.29 is 9.90 Å². The Hall–Kier alpha value is -4.11. The molecule has 0 fully saturated rings. The Labute approximate surface area is 184 Å². The minimum atomic E-state index is -1.11. The average Bonchev–Trinajstić information content (AvgIpc) is 2.79. The number of pyridine rings is 1. The summed E-state index contributed by atoms with van der Waals surface area (Å²) in [5, 5.41) is 11.4. The van der Waals surface area contributed by atoms with E-state index >= 15 is 0 Å². The summed E-state index contributed by atoms with van der Waals surface area (Å²) in [5.41, 5.74) is 13.7. The lowest BCUT2D eigenvalue weighted by Crippen LogP contribution is -2.32. The van der Waals surface area contributed by atoms with E-state index in [2.05, 4.69) is 32.1 Å². The van der Waals surface area contributed by atoms with Crippen LogP contribution in [0, 0.1) is 0 Å². The predicted molar refractivity (Wildman–Crippen MR) is 123 cm³/mol. The number of nitrogens with two attached hydrogens (primary N) is 2. The molecule has 0 radical (unpaired) electrons. The van der Waals surface area contributed by atoms with Crippen LogP contribution in [0.1, 0.15) is 12.6 Å². The van der Waals surface area contributed by atoms with Crippen molar-refractivity contribution in [1.29, 1.82) is 0 Å². The first-order chi connectivity index (χ1) is 15.5. The smallest absolute Gasteiger partial charge is 0.320 e. The van der Waals surface area contributed by atoms with Gasteiger partial charge in [0.15, 0.2) is 5.82 Å². The van der Waals surface area contributed by atoms with Crippen LogP contribution in [0.3, 0.4) is 0 Å². The zero-order chi connectivity index (χ0) is 22.7. The fourth-order valence-corrected chi connectivity index (χ4v) is 3.51. The zero-order valence-corrected chi connectivity index (χ0v) is 17.5. The van der Waals surface area contributed by atoms with E-state index in [4.69, 9.17) is 11.5 Å². The van der Waals surface area contributed by atoms with Crippen molar-refractivity contribution in [2.75, 3.05) is 17.2 Å². The molecule has 0 saturated heterocycles. The van der Waals surface area contributed by atoms with Gasteiger partial charge in [-0.3, -0.25) is 9.78 Å². The largest absolute Gasteiger partial charge is 0.480 e. The molecule has 2 aromatic heterocycles. The van der Waals surface area contributed by atoms with Gasteiger partial charge in [-0.25, -0.2) is 0 Å². The van der Waals surface area contributed by atoms with Gasteiger partial charge in [-0.1, -0.05) is 30.3 Å². The number of benzene rings is 2. The number of nitrogen functional groups attached to an aromatic ring is 1. The van der Waals surface area contributed by atoms with Crippen molar-refractivity contribution in [3.05, 3.63) is 66.5 Å². The third kappa shape index (κ3) is 4.33. The quantitative estimate of drug-likeness (QED) is 0.404. The number of aromatic nitrogens is 4. The molecule has 0 aliphatic rings. The van der Waals surface area contributed by atoms with Gasteiger partial charge in [-0.2, -0.15) is 15.0 Å². The molecule has 0 aliphatic heterocycles. The molecule has 1 atom stereocenters. The lowest BCUT2D eigenvalue weighted by molar-refractivity contribution is -0.138. The number of nitrogens with zero attached hydrogens (tertiary/aromatic N) is 5. The number of aliphatic carboxylic acids is 1. The fourth-order valence-electron chi connectivity index (χ4n) is 3.51. The summed E-state index contributed by atoms with van der Waals surface area (Å²) in [6.07, 6.45) is 1.61. The maximum Gasteiger partial charge on any atom is 0.320 e. The Kier molecular flexibility index (Phi) is 5.91. The van der Waals surface area contributed by atoms with Crippen molar-refractivity contribution >= 4 is 34.3 Å². The second-order valence-electron chi connectivity index (χ2n) is 7.24. The standard InChI is InChI=1S/C23H23N7O2/c1-2-30(16-10-9-14-6-3-4-7-15(14)12-16)23-28-20(27-22(25)29-23)17-8-5-11-26-19(17)13-18(24)21(31)32/h3-12,18H,2,13,24H2,1H3,(H,31,32)(H2,25,27,28,29). The molecule has 4 aromatic rings. The molecule has 0 saturated carbocycles. The summed E-state index contributed by atoms with van der Waals surface area (Å²) >= 11 is 0.